The van der Waals surface area contributed by atoms with Crippen LogP contribution in [0.4, 0.5) is 8.78 Å². The second-order valence-electron chi connectivity index (χ2n) is 4.34. The van der Waals surface area contributed by atoms with Crippen molar-refractivity contribution in [2.75, 3.05) is 0 Å². The van der Waals surface area contributed by atoms with Gasteiger partial charge in [0.15, 0.2) is 0 Å². The Morgan fingerprint density at radius 2 is 2.00 bits per heavy atom. The fourth-order valence-electron chi connectivity index (χ4n) is 2.26. The monoisotopic (exact) mass is 242 g/mol. The molecule has 5 heteroatoms. The lowest BCUT2D eigenvalue weighted by atomic mass is 9.98. The van der Waals surface area contributed by atoms with Gasteiger partial charge in [-0.25, -0.2) is 8.78 Å². The number of halogens is 2. The highest BCUT2D eigenvalue weighted by Crippen LogP contribution is 2.32. The normalized spacial score (nSPS) is 26.1. The van der Waals surface area contributed by atoms with E-state index in [0.717, 1.165) is 12.8 Å². The van der Waals surface area contributed by atoms with Crippen LogP contribution in [0.25, 0.3) is 0 Å². The summed E-state index contributed by atoms with van der Waals surface area (Å²) in [6, 6.07) is 3.13. The highest BCUT2D eigenvalue weighted by Gasteiger charge is 2.33. The van der Waals surface area contributed by atoms with Crippen LogP contribution in [0.2, 0.25) is 0 Å². The molecule has 3 nitrogen and oxygen atoms in total. The number of hydrazine groups is 1. The fourth-order valence-corrected chi connectivity index (χ4v) is 2.26. The molecule has 17 heavy (non-hydrogen) atoms. The van der Waals surface area contributed by atoms with Gasteiger partial charge in [-0.1, -0.05) is 6.07 Å². The molecule has 3 unspecified atom stereocenters. The zero-order chi connectivity index (χ0) is 12.4. The standard InChI is InChI=1S/C12H16F2N2O/c1-7-5-6-10(17-7)12(16-15)11-8(13)3-2-4-9(11)14/h2-4,7,10,12,16H,5-6,15H2,1H3. The predicted octanol–water partition coefficient (Wildman–Crippen LogP) is 2.04. The third kappa shape index (κ3) is 2.46. The third-order valence-electron chi connectivity index (χ3n) is 3.13. The van der Waals surface area contributed by atoms with Gasteiger partial charge >= 0.3 is 0 Å². The lowest BCUT2D eigenvalue weighted by Crippen LogP contribution is -2.37. The highest BCUT2D eigenvalue weighted by atomic mass is 19.1. The maximum Gasteiger partial charge on any atom is 0.131 e. The van der Waals surface area contributed by atoms with Crippen molar-refractivity contribution in [3.8, 4) is 0 Å². The van der Waals surface area contributed by atoms with E-state index in [1.807, 2.05) is 6.92 Å². The average Bonchev–Trinajstić information content (AvgIpc) is 2.70. The van der Waals surface area contributed by atoms with Crippen molar-refractivity contribution in [1.29, 1.82) is 0 Å². The second kappa shape index (κ2) is 5.08. The van der Waals surface area contributed by atoms with Crippen molar-refractivity contribution in [1.82, 2.24) is 5.43 Å². The molecule has 0 bridgehead atoms. The zero-order valence-electron chi connectivity index (χ0n) is 9.62. The number of nitrogens with one attached hydrogen (secondary N) is 1. The molecule has 1 aromatic carbocycles. The van der Waals surface area contributed by atoms with Crippen molar-refractivity contribution in [3.05, 3.63) is 35.4 Å². The van der Waals surface area contributed by atoms with Gasteiger partial charge in [0.05, 0.1) is 18.2 Å². The van der Waals surface area contributed by atoms with Crippen LogP contribution in [0.15, 0.2) is 18.2 Å². The number of hydrogen-bond acceptors (Lipinski definition) is 3. The molecular formula is C12H16F2N2O. The second-order valence-corrected chi connectivity index (χ2v) is 4.34. The molecule has 1 heterocycles. The van der Waals surface area contributed by atoms with E-state index in [0.29, 0.717) is 0 Å². The van der Waals surface area contributed by atoms with Gasteiger partial charge in [-0.05, 0) is 31.9 Å². The van der Waals surface area contributed by atoms with Gasteiger partial charge in [0.25, 0.3) is 0 Å². The Labute approximate surface area is 98.9 Å². The molecule has 1 saturated heterocycles. The van der Waals surface area contributed by atoms with Gasteiger partial charge in [-0.15, -0.1) is 0 Å². The Balaban J connectivity index is 2.29. The summed E-state index contributed by atoms with van der Waals surface area (Å²) in [6.45, 7) is 1.94. The van der Waals surface area contributed by atoms with Gasteiger partial charge in [0.2, 0.25) is 0 Å². The molecule has 2 rings (SSSR count). The first-order valence-corrected chi connectivity index (χ1v) is 5.69. The maximum absolute atomic E-state index is 13.6. The molecule has 0 saturated carbocycles. The summed E-state index contributed by atoms with van der Waals surface area (Å²) < 4.78 is 32.9. The van der Waals surface area contributed by atoms with Crippen LogP contribution >= 0.6 is 0 Å². The van der Waals surface area contributed by atoms with E-state index in [9.17, 15) is 8.78 Å². The topological polar surface area (TPSA) is 47.3 Å². The van der Waals surface area contributed by atoms with Crippen LogP contribution in [-0.2, 0) is 4.74 Å². The molecule has 1 fully saturated rings. The average molecular weight is 242 g/mol. The summed E-state index contributed by atoms with van der Waals surface area (Å²) in [4.78, 5) is 0. The molecule has 3 N–H and O–H groups in total. The molecule has 3 atom stereocenters. The summed E-state index contributed by atoms with van der Waals surface area (Å²) in [5, 5.41) is 0. The van der Waals surface area contributed by atoms with Gasteiger partial charge in [-0.3, -0.25) is 11.3 Å². The van der Waals surface area contributed by atoms with Crippen LogP contribution in [-0.4, -0.2) is 12.2 Å². The fraction of sp³-hybridized carbons (Fsp3) is 0.500. The highest BCUT2D eigenvalue weighted by molar-refractivity contribution is 5.24. The summed E-state index contributed by atoms with van der Waals surface area (Å²) in [5.74, 6) is 4.20. The van der Waals surface area contributed by atoms with Gasteiger partial charge in [-0.2, -0.15) is 0 Å². The first-order chi connectivity index (χ1) is 8.13. The minimum atomic E-state index is -0.652. The van der Waals surface area contributed by atoms with Gasteiger partial charge < -0.3 is 4.74 Å². The minimum absolute atomic E-state index is 0.0471. The Morgan fingerprint density at radius 3 is 2.47 bits per heavy atom. The van der Waals surface area contributed by atoms with E-state index in [4.69, 9.17) is 10.6 Å². The van der Waals surface area contributed by atoms with Crippen LogP contribution in [0, 0.1) is 11.6 Å². The number of hydrogen-bond donors (Lipinski definition) is 2. The van der Waals surface area contributed by atoms with Crippen molar-refractivity contribution < 1.29 is 13.5 Å². The molecule has 1 aromatic rings. The molecule has 94 valence electrons. The number of ether oxygens (including phenoxy) is 1. The molecule has 1 aliphatic heterocycles. The molecule has 1 aliphatic rings. The molecule has 0 amide bonds. The minimum Gasteiger partial charge on any atom is -0.373 e. The smallest absolute Gasteiger partial charge is 0.131 e. The van der Waals surface area contributed by atoms with Crippen molar-refractivity contribution in [3.63, 3.8) is 0 Å². The number of benzene rings is 1. The van der Waals surface area contributed by atoms with Crippen LogP contribution in [0.5, 0.6) is 0 Å². The molecule has 0 aliphatic carbocycles. The Hall–Kier alpha value is -1.04. The Kier molecular flexibility index (Phi) is 3.71. The Morgan fingerprint density at radius 1 is 1.35 bits per heavy atom. The maximum atomic E-state index is 13.6. The molecule has 0 aromatic heterocycles. The van der Waals surface area contributed by atoms with E-state index < -0.39 is 17.7 Å². The first kappa shape index (κ1) is 12.4. The lowest BCUT2D eigenvalue weighted by molar-refractivity contribution is 0.0299. The Bertz CT molecular complexity index is 380. The molecular weight excluding hydrogens is 226 g/mol. The van der Waals surface area contributed by atoms with E-state index in [2.05, 4.69) is 5.43 Å². The summed E-state index contributed by atoms with van der Waals surface area (Å²) in [6.07, 6.45) is 1.43. The third-order valence-corrected chi connectivity index (χ3v) is 3.13. The number of rotatable bonds is 3. The van der Waals surface area contributed by atoms with Gasteiger partial charge in [0.1, 0.15) is 11.6 Å². The molecule has 0 spiro atoms. The van der Waals surface area contributed by atoms with E-state index in [-0.39, 0.29) is 17.8 Å². The predicted molar refractivity (Wildman–Crippen MR) is 60.0 cm³/mol. The van der Waals surface area contributed by atoms with E-state index >= 15 is 0 Å². The van der Waals surface area contributed by atoms with Crippen LogP contribution in [0.1, 0.15) is 31.4 Å². The lowest BCUT2D eigenvalue weighted by Gasteiger charge is -2.24. The first-order valence-electron chi connectivity index (χ1n) is 5.69. The quantitative estimate of drug-likeness (QED) is 0.630. The van der Waals surface area contributed by atoms with Crippen LogP contribution in [0.3, 0.4) is 0 Å². The van der Waals surface area contributed by atoms with Crippen molar-refractivity contribution in [2.45, 2.75) is 38.0 Å². The largest absolute Gasteiger partial charge is 0.373 e. The zero-order valence-corrected chi connectivity index (χ0v) is 9.62. The molecule has 0 radical (unpaired) electrons. The van der Waals surface area contributed by atoms with E-state index in [1.54, 1.807) is 0 Å². The summed E-state index contributed by atoms with van der Waals surface area (Å²) in [7, 11) is 0. The SMILES string of the molecule is CC1CCC(C(NN)c2c(F)cccc2F)O1. The van der Waals surface area contributed by atoms with Crippen molar-refractivity contribution >= 4 is 0 Å². The summed E-state index contributed by atoms with van der Waals surface area (Å²) in [5.41, 5.74) is 2.41. The van der Waals surface area contributed by atoms with Gasteiger partial charge in [0, 0.05) is 5.56 Å². The number of nitrogens with two attached hydrogens (primary N) is 1. The van der Waals surface area contributed by atoms with Crippen LogP contribution < -0.4 is 11.3 Å². The summed E-state index contributed by atoms with van der Waals surface area (Å²) >= 11 is 0. The van der Waals surface area contributed by atoms with Crippen molar-refractivity contribution in [2.24, 2.45) is 5.84 Å². The van der Waals surface area contributed by atoms with E-state index in [1.165, 1.54) is 18.2 Å².